The molecule has 1 aliphatic heterocycles. The fourth-order valence-electron chi connectivity index (χ4n) is 4.72. The minimum atomic E-state index is -0.0518. The van der Waals surface area contributed by atoms with E-state index < -0.39 is 0 Å². The summed E-state index contributed by atoms with van der Waals surface area (Å²) in [6, 6.07) is 2.08. The summed E-state index contributed by atoms with van der Waals surface area (Å²) in [4.78, 5) is 17.7. The van der Waals surface area contributed by atoms with E-state index in [0.29, 0.717) is 28.8 Å². The second kappa shape index (κ2) is 5.04. The lowest BCUT2D eigenvalue weighted by atomic mass is 9.57. The lowest BCUT2D eigenvalue weighted by Crippen LogP contribution is -2.66. The predicted octanol–water partition coefficient (Wildman–Crippen LogP) is 2.95. The van der Waals surface area contributed by atoms with Crippen molar-refractivity contribution >= 4 is 17.0 Å². The molecule has 6 nitrogen and oxygen atoms in total. The van der Waals surface area contributed by atoms with Gasteiger partial charge >= 0.3 is 0 Å². The fraction of sp³-hybridized carbons (Fsp3) is 0.632. The normalized spacial score (nSPS) is 30.1. The summed E-state index contributed by atoms with van der Waals surface area (Å²) in [7, 11) is 0. The average molecular weight is 341 g/mol. The van der Waals surface area contributed by atoms with Gasteiger partial charge in [0.25, 0.3) is 11.6 Å². The third-order valence-electron chi connectivity index (χ3n) is 6.26. The number of hydrogen-bond donors (Lipinski definition) is 1. The molecule has 0 radical (unpaired) electrons. The number of ether oxygens (including phenoxy) is 1. The molecule has 3 atom stereocenters. The molecule has 1 N–H and O–H groups in total. The second-order valence-corrected chi connectivity index (χ2v) is 8.33. The first-order valence-corrected chi connectivity index (χ1v) is 9.16. The minimum Gasteiger partial charge on any atom is -0.377 e. The molecule has 2 aromatic rings. The van der Waals surface area contributed by atoms with Crippen molar-refractivity contribution in [3.63, 3.8) is 0 Å². The number of aryl methyl sites for hydroxylation is 1. The quantitative estimate of drug-likeness (QED) is 0.929. The van der Waals surface area contributed by atoms with Crippen molar-refractivity contribution in [1.29, 1.82) is 0 Å². The van der Waals surface area contributed by atoms with Crippen LogP contribution in [0.1, 0.15) is 60.8 Å². The molecule has 2 saturated carbocycles. The van der Waals surface area contributed by atoms with E-state index >= 15 is 0 Å². The van der Waals surface area contributed by atoms with Crippen molar-refractivity contribution in [1.82, 2.24) is 15.5 Å². The molecule has 2 aromatic heterocycles. The van der Waals surface area contributed by atoms with Gasteiger partial charge in [-0.2, -0.15) is 0 Å². The van der Waals surface area contributed by atoms with Gasteiger partial charge in [0.05, 0.1) is 22.7 Å². The Morgan fingerprint density at radius 3 is 2.88 bits per heavy atom. The molecule has 132 valence electrons. The Kier molecular flexibility index (Phi) is 3.08. The lowest BCUT2D eigenvalue weighted by molar-refractivity contribution is -0.108. The number of nitrogens with zero attached hydrogens (tertiary/aromatic N) is 2. The Morgan fingerprint density at radius 1 is 1.32 bits per heavy atom. The van der Waals surface area contributed by atoms with Gasteiger partial charge in [-0.25, -0.2) is 4.98 Å². The van der Waals surface area contributed by atoms with Crippen molar-refractivity contribution < 1.29 is 14.1 Å². The molecule has 2 aliphatic carbocycles. The molecular weight excluding hydrogens is 318 g/mol. The van der Waals surface area contributed by atoms with Crippen molar-refractivity contribution in [3.05, 3.63) is 23.0 Å². The van der Waals surface area contributed by atoms with Crippen LogP contribution in [0.5, 0.6) is 0 Å². The van der Waals surface area contributed by atoms with Crippen LogP contribution in [0.3, 0.4) is 0 Å². The van der Waals surface area contributed by atoms with E-state index in [1.807, 2.05) is 13.0 Å². The number of nitrogens with one attached hydrogen (secondary N) is 1. The van der Waals surface area contributed by atoms with E-state index in [9.17, 15) is 4.79 Å². The molecule has 6 heteroatoms. The van der Waals surface area contributed by atoms with Crippen molar-refractivity contribution in [2.75, 3.05) is 6.61 Å². The van der Waals surface area contributed by atoms with Crippen LogP contribution in [0.15, 0.2) is 10.6 Å². The van der Waals surface area contributed by atoms with Crippen LogP contribution in [-0.4, -0.2) is 34.8 Å². The molecule has 0 spiro atoms. The fourth-order valence-corrected chi connectivity index (χ4v) is 4.72. The van der Waals surface area contributed by atoms with E-state index in [4.69, 9.17) is 9.26 Å². The molecule has 0 bridgehead atoms. The van der Waals surface area contributed by atoms with Gasteiger partial charge in [-0.1, -0.05) is 19.0 Å². The zero-order chi connectivity index (χ0) is 17.3. The number of carbonyl (C=O) groups excluding carboxylic acids is 1. The standard InChI is InChI=1S/C19H23N3O3/c1-9-14-12(8-13(10-4-5-10)20-18(14)25-22-9)17(23)21-15-11-6-7-24-16(11)19(15,2)3/h8,10-11,15-16H,4-7H2,1-3H3,(H,21,23)/t11-,15+,16+/m0/s1. The molecule has 0 aromatic carbocycles. The Labute approximate surface area is 146 Å². The molecule has 5 rings (SSSR count). The van der Waals surface area contributed by atoms with Gasteiger partial charge in [-0.3, -0.25) is 4.79 Å². The van der Waals surface area contributed by atoms with Crippen LogP contribution in [0.25, 0.3) is 11.1 Å². The Morgan fingerprint density at radius 2 is 2.12 bits per heavy atom. The molecule has 25 heavy (non-hydrogen) atoms. The zero-order valence-electron chi connectivity index (χ0n) is 14.8. The van der Waals surface area contributed by atoms with Gasteiger partial charge in [-0.05, 0) is 32.3 Å². The number of carbonyl (C=O) groups is 1. The van der Waals surface area contributed by atoms with Crippen molar-refractivity contribution in [2.45, 2.75) is 58.1 Å². The maximum atomic E-state index is 13.1. The van der Waals surface area contributed by atoms with Crippen LogP contribution in [-0.2, 0) is 4.74 Å². The summed E-state index contributed by atoms with van der Waals surface area (Å²) < 4.78 is 11.2. The highest BCUT2D eigenvalue weighted by Crippen LogP contribution is 2.52. The number of aromatic nitrogens is 2. The molecule has 3 heterocycles. The molecule has 3 aliphatic rings. The van der Waals surface area contributed by atoms with E-state index in [1.54, 1.807) is 0 Å². The van der Waals surface area contributed by atoms with Gasteiger partial charge in [0.1, 0.15) is 0 Å². The number of hydrogen-bond acceptors (Lipinski definition) is 5. The maximum Gasteiger partial charge on any atom is 0.259 e. The number of pyridine rings is 1. The average Bonchev–Trinajstić information content (AvgIpc) is 3.23. The van der Waals surface area contributed by atoms with E-state index in [-0.39, 0.29) is 23.5 Å². The summed E-state index contributed by atoms with van der Waals surface area (Å²) in [5.74, 6) is 0.820. The first-order valence-electron chi connectivity index (χ1n) is 9.16. The summed E-state index contributed by atoms with van der Waals surface area (Å²) in [5, 5.41) is 8.03. The first-order chi connectivity index (χ1) is 12.0. The smallest absolute Gasteiger partial charge is 0.259 e. The summed E-state index contributed by atoms with van der Waals surface area (Å²) in [6.07, 6.45) is 3.53. The number of amides is 1. The summed E-state index contributed by atoms with van der Waals surface area (Å²) >= 11 is 0. The topological polar surface area (TPSA) is 77.2 Å². The van der Waals surface area contributed by atoms with Gasteiger partial charge in [0.15, 0.2) is 0 Å². The van der Waals surface area contributed by atoms with Gasteiger partial charge in [0.2, 0.25) is 0 Å². The molecule has 1 saturated heterocycles. The number of rotatable bonds is 3. The number of fused-ring (bicyclic) bond motifs is 2. The Bertz CT molecular complexity index is 868. The highest BCUT2D eigenvalue weighted by atomic mass is 16.5. The third kappa shape index (κ3) is 2.16. The van der Waals surface area contributed by atoms with Crippen LogP contribution < -0.4 is 5.32 Å². The van der Waals surface area contributed by atoms with Gasteiger partial charge < -0.3 is 14.6 Å². The van der Waals surface area contributed by atoms with Gasteiger partial charge in [0, 0.05) is 35.6 Å². The van der Waals surface area contributed by atoms with Crippen molar-refractivity contribution in [3.8, 4) is 0 Å². The van der Waals surface area contributed by atoms with E-state index in [1.165, 1.54) is 0 Å². The highest BCUT2D eigenvalue weighted by molar-refractivity contribution is 6.06. The largest absolute Gasteiger partial charge is 0.377 e. The Hall–Kier alpha value is -1.95. The molecular formula is C19H23N3O3. The lowest BCUT2D eigenvalue weighted by Gasteiger charge is -2.54. The van der Waals surface area contributed by atoms with E-state index in [2.05, 4.69) is 29.3 Å². The SMILES string of the molecule is Cc1noc2nc(C3CC3)cc(C(=O)N[C@@H]3[C@@H]4CCO[C@H]4C3(C)C)c12. The zero-order valence-corrected chi connectivity index (χ0v) is 14.8. The van der Waals surface area contributed by atoms with Crippen molar-refractivity contribution in [2.24, 2.45) is 11.3 Å². The molecule has 3 fully saturated rings. The minimum absolute atomic E-state index is 0.0357. The molecule has 0 unspecified atom stereocenters. The first kappa shape index (κ1) is 15.3. The maximum absolute atomic E-state index is 13.1. The summed E-state index contributed by atoms with van der Waals surface area (Å²) in [6.45, 7) is 7.00. The van der Waals surface area contributed by atoms with Crippen LogP contribution in [0.4, 0.5) is 0 Å². The van der Waals surface area contributed by atoms with Crippen LogP contribution >= 0.6 is 0 Å². The van der Waals surface area contributed by atoms with Crippen LogP contribution in [0.2, 0.25) is 0 Å². The second-order valence-electron chi connectivity index (χ2n) is 8.33. The predicted molar refractivity (Wildman–Crippen MR) is 91.4 cm³/mol. The monoisotopic (exact) mass is 341 g/mol. The Balaban J connectivity index is 1.50. The van der Waals surface area contributed by atoms with Crippen LogP contribution in [0, 0.1) is 18.3 Å². The van der Waals surface area contributed by atoms with Gasteiger partial charge in [-0.15, -0.1) is 0 Å². The van der Waals surface area contributed by atoms with E-state index in [0.717, 1.165) is 36.9 Å². The third-order valence-corrected chi connectivity index (χ3v) is 6.26. The summed E-state index contributed by atoms with van der Waals surface area (Å²) in [5.41, 5.74) is 2.74. The highest BCUT2D eigenvalue weighted by Gasteiger charge is 2.59. The molecule has 1 amide bonds.